The normalized spacial score (nSPS) is 15.8. The third kappa shape index (κ3) is 4.51. The summed E-state index contributed by atoms with van der Waals surface area (Å²) in [6, 6.07) is 11.4. The van der Waals surface area contributed by atoms with Crippen molar-refractivity contribution in [2.45, 2.75) is 20.4 Å². The van der Waals surface area contributed by atoms with Gasteiger partial charge in [0.25, 0.3) is 0 Å². The number of hydrogen-bond donors (Lipinski definition) is 2. The lowest BCUT2D eigenvalue weighted by atomic mass is 10.1. The van der Waals surface area contributed by atoms with Crippen LogP contribution >= 0.6 is 0 Å². The molecule has 0 atom stereocenters. The molecule has 2 aromatic carbocycles. The standard InChI is InChI=1S/C20H25N3O2/c1-15-3-5-18(16(2)11-15)14-22-7-9-23(10-8-22)21-13-17-4-6-19(24)20(25)12-17/h3-6,11-13,24-25H,7-10,14H2,1-2H3. The first-order valence-corrected chi connectivity index (χ1v) is 8.60. The predicted octanol–water partition coefficient (Wildman–Crippen LogP) is 2.87. The number of aromatic hydroxyl groups is 2. The number of hydrogen-bond acceptors (Lipinski definition) is 5. The van der Waals surface area contributed by atoms with Crippen molar-refractivity contribution < 1.29 is 10.2 Å². The summed E-state index contributed by atoms with van der Waals surface area (Å²) in [6.45, 7) is 9.00. The van der Waals surface area contributed by atoms with Gasteiger partial charge >= 0.3 is 0 Å². The van der Waals surface area contributed by atoms with Gasteiger partial charge in [-0.25, -0.2) is 0 Å². The average molecular weight is 339 g/mol. The van der Waals surface area contributed by atoms with Crippen molar-refractivity contribution in [1.29, 1.82) is 0 Å². The number of nitrogens with zero attached hydrogens (tertiary/aromatic N) is 3. The van der Waals surface area contributed by atoms with Crippen LogP contribution in [0.3, 0.4) is 0 Å². The fraction of sp³-hybridized carbons (Fsp3) is 0.350. The molecule has 0 radical (unpaired) electrons. The van der Waals surface area contributed by atoms with Crippen molar-refractivity contribution in [3.63, 3.8) is 0 Å². The molecule has 25 heavy (non-hydrogen) atoms. The Kier molecular flexibility index (Phi) is 5.24. The Morgan fingerprint density at radius 1 is 0.960 bits per heavy atom. The largest absolute Gasteiger partial charge is 0.504 e. The Morgan fingerprint density at radius 2 is 1.72 bits per heavy atom. The summed E-state index contributed by atoms with van der Waals surface area (Å²) in [4.78, 5) is 2.45. The van der Waals surface area contributed by atoms with Crippen molar-refractivity contribution >= 4 is 6.21 Å². The van der Waals surface area contributed by atoms with E-state index in [2.05, 4.69) is 42.0 Å². The smallest absolute Gasteiger partial charge is 0.158 e. The highest BCUT2D eigenvalue weighted by atomic mass is 16.3. The number of phenols is 2. The molecule has 1 heterocycles. The molecule has 5 nitrogen and oxygen atoms in total. The summed E-state index contributed by atoms with van der Waals surface area (Å²) in [7, 11) is 0. The monoisotopic (exact) mass is 339 g/mol. The molecule has 2 aromatic rings. The second kappa shape index (κ2) is 7.57. The Bertz CT molecular complexity index is 766. The van der Waals surface area contributed by atoms with E-state index in [9.17, 15) is 10.2 Å². The van der Waals surface area contributed by atoms with Gasteiger partial charge in [0.15, 0.2) is 11.5 Å². The van der Waals surface area contributed by atoms with E-state index in [0.717, 1.165) is 38.3 Å². The Morgan fingerprint density at radius 3 is 2.40 bits per heavy atom. The van der Waals surface area contributed by atoms with Crippen molar-refractivity contribution in [1.82, 2.24) is 9.91 Å². The Hall–Kier alpha value is -2.53. The van der Waals surface area contributed by atoms with Gasteiger partial charge in [0.2, 0.25) is 0 Å². The Labute approximate surface area is 148 Å². The molecule has 1 fully saturated rings. The van der Waals surface area contributed by atoms with Crippen LogP contribution in [0.2, 0.25) is 0 Å². The number of rotatable bonds is 4. The van der Waals surface area contributed by atoms with Crippen LogP contribution in [0.5, 0.6) is 11.5 Å². The van der Waals surface area contributed by atoms with Gasteiger partial charge in [-0.2, -0.15) is 5.10 Å². The van der Waals surface area contributed by atoms with Crippen molar-refractivity contribution in [3.05, 3.63) is 58.7 Å². The van der Waals surface area contributed by atoms with Crippen molar-refractivity contribution in [2.24, 2.45) is 5.10 Å². The van der Waals surface area contributed by atoms with Gasteiger partial charge in [-0.3, -0.25) is 9.91 Å². The molecule has 2 N–H and O–H groups in total. The fourth-order valence-corrected chi connectivity index (χ4v) is 3.04. The minimum Gasteiger partial charge on any atom is -0.504 e. The molecule has 0 aromatic heterocycles. The van der Waals surface area contributed by atoms with Crippen molar-refractivity contribution in [2.75, 3.05) is 26.2 Å². The molecule has 0 spiro atoms. The molecule has 0 unspecified atom stereocenters. The van der Waals surface area contributed by atoms with E-state index in [0.29, 0.717) is 0 Å². The fourth-order valence-electron chi connectivity index (χ4n) is 3.04. The highest BCUT2D eigenvalue weighted by molar-refractivity contribution is 5.80. The van der Waals surface area contributed by atoms with Gasteiger partial charge in [-0.1, -0.05) is 23.8 Å². The third-order valence-corrected chi connectivity index (χ3v) is 4.61. The molecule has 132 valence electrons. The first kappa shape index (κ1) is 17.3. The van der Waals surface area contributed by atoms with Crippen LogP contribution in [-0.4, -0.2) is 52.5 Å². The quantitative estimate of drug-likeness (QED) is 0.664. The summed E-state index contributed by atoms with van der Waals surface area (Å²) in [5.41, 5.74) is 4.82. The van der Waals surface area contributed by atoms with Gasteiger partial charge in [-0.15, -0.1) is 0 Å². The maximum Gasteiger partial charge on any atom is 0.158 e. The van der Waals surface area contributed by atoms with Crippen LogP contribution in [0.15, 0.2) is 41.5 Å². The number of benzene rings is 2. The van der Waals surface area contributed by atoms with Gasteiger partial charge in [0.05, 0.1) is 6.21 Å². The number of aryl methyl sites for hydroxylation is 2. The van der Waals surface area contributed by atoms with Crippen LogP contribution in [0.4, 0.5) is 0 Å². The van der Waals surface area contributed by atoms with E-state index in [1.165, 1.54) is 28.8 Å². The summed E-state index contributed by atoms with van der Waals surface area (Å²) in [5.74, 6) is -0.237. The number of piperazine rings is 1. The topological polar surface area (TPSA) is 59.3 Å². The van der Waals surface area contributed by atoms with Crippen LogP contribution < -0.4 is 0 Å². The lowest BCUT2D eigenvalue weighted by molar-refractivity contribution is 0.131. The minimum absolute atomic E-state index is 0.114. The molecule has 3 rings (SSSR count). The van der Waals surface area contributed by atoms with Crippen LogP contribution in [0.1, 0.15) is 22.3 Å². The molecule has 0 bridgehead atoms. The van der Waals surface area contributed by atoms with Crippen LogP contribution in [0.25, 0.3) is 0 Å². The zero-order valence-corrected chi connectivity index (χ0v) is 14.8. The van der Waals surface area contributed by atoms with E-state index >= 15 is 0 Å². The molecule has 1 aliphatic rings. The third-order valence-electron chi connectivity index (χ3n) is 4.61. The lowest BCUT2D eigenvalue weighted by Crippen LogP contribution is -2.43. The highest BCUT2D eigenvalue weighted by Gasteiger charge is 2.16. The van der Waals surface area contributed by atoms with Crippen LogP contribution in [0, 0.1) is 13.8 Å². The summed E-state index contributed by atoms with van der Waals surface area (Å²) in [6.07, 6.45) is 1.72. The predicted molar refractivity (Wildman–Crippen MR) is 100 cm³/mol. The lowest BCUT2D eigenvalue weighted by Gasteiger charge is -2.33. The Balaban J connectivity index is 1.53. The minimum atomic E-state index is -0.123. The van der Waals surface area contributed by atoms with E-state index in [1.807, 2.05) is 5.01 Å². The molecule has 0 amide bonds. The molecule has 0 aliphatic carbocycles. The summed E-state index contributed by atoms with van der Waals surface area (Å²) >= 11 is 0. The van der Waals surface area contributed by atoms with E-state index in [-0.39, 0.29) is 11.5 Å². The molecular weight excluding hydrogens is 314 g/mol. The molecule has 1 saturated heterocycles. The second-order valence-electron chi connectivity index (χ2n) is 6.65. The maximum atomic E-state index is 9.52. The summed E-state index contributed by atoms with van der Waals surface area (Å²) in [5, 5.41) is 25.4. The van der Waals surface area contributed by atoms with E-state index in [4.69, 9.17) is 0 Å². The maximum absolute atomic E-state index is 9.52. The molecule has 1 aliphatic heterocycles. The van der Waals surface area contributed by atoms with E-state index < -0.39 is 0 Å². The average Bonchev–Trinajstić information content (AvgIpc) is 2.60. The van der Waals surface area contributed by atoms with Gasteiger partial charge in [-0.05, 0) is 48.7 Å². The zero-order chi connectivity index (χ0) is 17.8. The first-order chi connectivity index (χ1) is 12.0. The molecule has 0 saturated carbocycles. The van der Waals surface area contributed by atoms with Gasteiger partial charge in [0.1, 0.15) is 0 Å². The number of phenolic OH excluding ortho intramolecular Hbond substituents is 2. The van der Waals surface area contributed by atoms with Crippen LogP contribution in [-0.2, 0) is 6.54 Å². The molecular formula is C20H25N3O2. The van der Waals surface area contributed by atoms with Gasteiger partial charge in [0, 0.05) is 32.7 Å². The first-order valence-electron chi connectivity index (χ1n) is 8.60. The van der Waals surface area contributed by atoms with Gasteiger partial charge < -0.3 is 10.2 Å². The SMILES string of the molecule is Cc1ccc(CN2CCN(N=Cc3ccc(O)c(O)c3)CC2)c(C)c1. The number of hydrazone groups is 1. The zero-order valence-electron chi connectivity index (χ0n) is 14.8. The molecule has 5 heteroatoms. The summed E-state index contributed by atoms with van der Waals surface area (Å²) < 4.78 is 0. The van der Waals surface area contributed by atoms with E-state index in [1.54, 1.807) is 12.3 Å². The highest BCUT2D eigenvalue weighted by Crippen LogP contribution is 2.24. The van der Waals surface area contributed by atoms with Crippen molar-refractivity contribution in [3.8, 4) is 11.5 Å². The second-order valence-corrected chi connectivity index (χ2v) is 6.65.